The predicted octanol–water partition coefficient (Wildman–Crippen LogP) is 4.58. The maximum atomic E-state index is 4.78. The van der Waals surface area contributed by atoms with E-state index >= 15 is 0 Å². The van der Waals surface area contributed by atoms with Crippen LogP contribution in [-0.4, -0.2) is 27.8 Å². The van der Waals surface area contributed by atoms with Gasteiger partial charge in [-0.25, -0.2) is 9.97 Å². The summed E-state index contributed by atoms with van der Waals surface area (Å²) in [6.07, 6.45) is 8.17. The van der Waals surface area contributed by atoms with Gasteiger partial charge in [-0.2, -0.15) is 0 Å². The van der Waals surface area contributed by atoms with E-state index in [2.05, 4.69) is 84.5 Å². The molecule has 0 aliphatic carbocycles. The molecule has 6 rings (SSSR count). The van der Waals surface area contributed by atoms with Crippen molar-refractivity contribution in [2.45, 2.75) is 0 Å². The van der Waals surface area contributed by atoms with Gasteiger partial charge in [0.2, 0.25) is 0 Å². The van der Waals surface area contributed by atoms with Crippen molar-refractivity contribution in [1.29, 1.82) is 0 Å². The molecular weight excluding hydrogens is 379 g/mol. The Morgan fingerprint density at radius 1 is 0.548 bits per heavy atom. The van der Waals surface area contributed by atoms with Crippen LogP contribution in [0.3, 0.4) is 0 Å². The lowest BCUT2D eigenvalue weighted by molar-refractivity contribution is 1.31. The molecule has 4 aromatic rings. The number of aromatic amines is 2. The van der Waals surface area contributed by atoms with Gasteiger partial charge in [0.25, 0.3) is 0 Å². The molecule has 8 bridgehead atoms. The Morgan fingerprint density at radius 2 is 1.10 bits per heavy atom. The van der Waals surface area contributed by atoms with Gasteiger partial charge in [-0.15, -0.1) is 0 Å². The minimum absolute atomic E-state index is 0.923. The first kappa shape index (κ1) is 17.7. The summed E-state index contributed by atoms with van der Waals surface area (Å²) in [6.45, 7) is 0. The van der Waals surface area contributed by atoms with E-state index < -0.39 is 0 Å². The lowest BCUT2D eigenvalue weighted by atomic mass is 9.94. The molecule has 31 heavy (non-hydrogen) atoms. The maximum Gasteiger partial charge on any atom is 0.139 e. The highest BCUT2D eigenvalue weighted by atomic mass is 14.8. The zero-order valence-electron chi connectivity index (χ0n) is 17.1. The van der Waals surface area contributed by atoms with Gasteiger partial charge in [0.05, 0.1) is 22.8 Å². The Labute approximate surface area is 180 Å². The van der Waals surface area contributed by atoms with Crippen molar-refractivity contribution in [2.24, 2.45) is 0 Å². The van der Waals surface area contributed by atoms with Gasteiger partial charge in [-0.05, 0) is 72.3 Å². The van der Waals surface area contributed by atoms with Crippen molar-refractivity contribution >= 4 is 59.7 Å². The summed E-state index contributed by atoms with van der Waals surface area (Å²) in [5.74, 6) is 0. The zero-order valence-corrected chi connectivity index (χ0v) is 17.1. The number of aromatic nitrogens is 4. The van der Waals surface area contributed by atoms with Crippen LogP contribution in [0.15, 0.2) is 66.7 Å². The molecular formula is C26H19BN4. The van der Waals surface area contributed by atoms with Crippen LogP contribution in [0, 0.1) is 0 Å². The first-order valence-electron chi connectivity index (χ1n) is 10.3. The number of H-pyrrole nitrogens is 2. The molecule has 0 amide bonds. The van der Waals surface area contributed by atoms with Gasteiger partial charge >= 0.3 is 0 Å². The fourth-order valence-electron chi connectivity index (χ4n) is 3.99. The molecule has 2 aliphatic rings. The molecule has 0 atom stereocenters. The number of fused-ring (bicyclic) bond motifs is 8. The Bertz CT molecular complexity index is 1540. The molecule has 0 saturated heterocycles. The predicted molar refractivity (Wildman–Crippen MR) is 132 cm³/mol. The molecule has 146 valence electrons. The minimum atomic E-state index is 0.923. The van der Waals surface area contributed by atoms with Crippen LogP contribution in [0.25, 0.3) is 57.5 Å². The molecule has 1 aromatic carbocycles. The molecule has 5 heteroatoms. The van der Waals surface area contributed by atoms with Crippen molar-refractivity contribution in [3.05, 3.63) is 89.5 Å². The first-order valence-corrected chi connectivity index (χ1v) is 10.3. The van der Waals surface area contributed by atoms with Gasteiger partial charge in [-0.3, -0.25) is 0 Å². The topological polar surface area (TPSA) is 57.4 Å². The monoisotopic (exact) mass is 398 g/mol. The lowest BCUT2D eigenvalue weighted by Crippen LogP contribution is -1.98. The second kappa shape index (κ2) is 6.99. The molecule has 0 spiro atoms. The average molecular weight is 398 g/mol. The van der Waals surface area contributed by atoms with Crippen LogP contribution < -0.4 is 5.46 Å². The maximum absolute atomic E-state index is 4.78. The largest absolute Gasteiger partial charge is 0.355 e. The Morgan fingerprint density at radius 3 is 1.71 bits per heavy atom. The van der Waals surface area contributed by atoms with Crippen LogP contribution in [-0.2, 0) is 0 Å². The average Bonchev–Trinajstić information content (AvgIpc) is 3.54. The second-order valence-electron chi connectivity index (χ2n) is 7.95. The van der Waals surface area contributed by atoms with Gasteiger partial charge in [-0.1, -0.05) is 29.7 Å². The smallest absolute Gasteiger partial charge is 0.139 e. The molecule has 5 heterocycles. The van der Waals surface area contributed by atoms with E-state index in [0.29, 0.717) is 0 Å². The third kappa shape index (κ3) is 3.51. The van der Waals surface area contributed by atoms with E-state index in [1.54, 1.807) is 0 Å². The van der Waals surface area contributed by atoms with Gasteiger partial charge in [0, 0.05) is 27.6 Å². The van der Waals surface area contributed by atoms with Crippen molar-refractivity contribution in [3.63, 3.8) is 0 Å². The molecule has 0 fully saturated rings. The fraction of sp³-hybridized carbons (Fsp3) is 0. The minimum Gasteiger partial charge on any atom is -0.355 e. The van der Waals surface area contributed by atoms with Crippen molar-refractivity contribution in [2.75, 3.05) is 0 Å². The third-order valence-corrected chi connectivity index (χ3v) is 5.53. The number of hydrogen-bond donors (Lipinski definition) is 2. The quantitative estimate of drug-likeness (QED) is 0.399. The molecule has 3 aromatic heterocycles. The highest BCUT2D eigenvalue weighted by molar-refractivity contribution is 6.32. The molecule has 4 nitrogen and oxygen atoms in total. The van der Waals surface area contributed by atoms with Crippen LogP contribution in [0.2, 0.25) is 0 Å². The summed E-state index contributed by atoms with van der Waals surface area (Å²) in [4.78, 5) is 16.5. The van der Waals surface area contributed by atoms with Crippen molar-refractivity contribution < 1.29 is 0 Å². The lowest BCUT2D eigenvalue weighted by Gasteiger charge is -1.99. The fourth-order valence-corrected chi connectivity index (χ4v) is 3.99. The normalized spacial score (nSPS) is 12.4. The summed E-state index contributed by atoms with van der Waals surface area (Å²) in [7, 11) is 2.11. The molecule has 0 saturated carbocycles. The number of nitrogens with zero attached hydrogens (tertiary/aromatic N) is 2. The van der Waals surface area contributed by atoms with E-state index in [-0.39, 0.29) is 0 Å². The first-order chi connectivity index (χ1) is 15.2. The van der Waals surface area contributed by atoms with E-state index in [4.69, 9.17) is 9.97 Å². The standard InChI is InChI=1S/C26H19BN4/c27-17-3-1-16(2-4-17)25-14-24-13-22-8-7-20(29-22)11-18-5-6-19(28-18)12-21-9-10-23(30-21)15-26(25)31-24/h1-15,28,31H,27H2. The SMILES string of the molecule is Bc1ccc(-c2cc3cc4nc(cc5ccc(cc6nc(cc2[nH]3)C=C6)[nH]5)C=C4)cc1. The third-order valence-electron chi connectivity index (χ3n) is 5.53. The Kier molecular flexibility index (Phi) is 4.00. The van der Waals surface area contributed by atoms with Gasteiger partial charge in [0.1, 0.15) is 7.85 Å². The highest BCUT2D eigenvalue weighted by Gasteiger charge is 2.07. The summed E-state index contributed by atoms with van der Waals surface area (Å²) < 4.78 is 0. The van der Waals surface area contributed by atoms with Crippen LogP contribution in [0.4, 0.5) is 0 Å². The number of nitrogens with one attached hydrogen (secondary N) is 2. The van der Waals surface area contributed by atoms with Gasteiger partial charge < -0.3 is 9.97 Å². The number of benzene rings is 1. The summed E-state index contributed by atoms with van der Waals surface area (Å²) in [5.41, 5.74) is 11.4. The van der Waals surface area contributed by atoms with Crippen molar-refractivity contribution in [1.82, 2.24) is 19.9 Å². The summed E-state index contributed by atoms with van der Waals surface area (Å²) in [5, 5.41) is 0. The van der Waals surface area contributed by atoms with Crippen molar-refractivity contribution in [3.8, 4) is 11.1 Å². The van der Waals surface area contributed by atoms with E-state index in [9.17, 15) is 0 Å². The Hall–Kier alpha value is -4.12. The number of hydrogen-bond acceptors (Lipinski definition) is 2. The molecule has 2 aliphatic heterocycles. The van der Waals surface area contributed by atoms with Crippen LogP contribution in [0.1, 0.15) is 22.8 Å². The Balaban J connectivity index is 1.67. The molecule has 0 radical (unpaired) electrons. The van der Waals surface area contributed by atoms with E-state index in [0.717, 1.165) is 50.4 Å². The summed E-state index contributed by atoms with van der Waals surface area (Å²) >= 11 is 0. The van der Waals surface area contributed by atoms with E-state index in [1.165, 1.54) is 11.0 Å². The highest BCUT2D eigenvalue weighted by Crippen LogP contribution is 2.27. The van der Waals surface area contributed by atoms with Crippen LogP contribution >= 0.6 is 0 Å². The molecule has 0 unspecified atom stereocenters. The van der Waals surface area contributed by atoms with Crippen LogP contribution in [0.5, 0.6) is 0 Å². The molecule has 2 N–H and O–H groups in total. The van der Waals surface area contributed by atoms with E-state index in [1.807, 2.05) is 24.3 Å². The summed E-state index contributed by atoms with van der Waals surface area (Å²) in [6, 6.07) is 23.2. The zero-order chi connectivity index (χ0) is 20.8. The second-order valence-corrected chi connectivity index (χ2v) is 7.95. The van der Waals surface area contributed by atoms with Gasteiger partial charge in [0.15, 0.2) is 0 Å². The number of rotatable bonds is 1.